The molecule has 6 nitrogen and oxygen atoms in total. The van der Waals surface area contributed by atoms with E-state index in [2.05, 4.69) is 24.1 Å². The zero-order valence-electron chi connectivity index (χ0n) is 17.3. The van der Waals surface area contributed by atoms with E-state index in [4.69, 9.17) is 15.2 Å². The number of rotatable bonds is 16. The van der Waals surface area contributed by atoms with Crippen molar-refractivity contribution in [2.45, 2.75) is 52.5 Å². The molecule has 0 bridgehead atoms. The van der Waals surface area contributed by atoms with Crippen molar-refractivity contribution in [1.29, 1.82) is 0 Å². The fraction of sp³-hybridized carbons (Fsp3) is 0.667. The number of primary amides is 1. The largest absolute Gasteiger partial charge is 0.493 e. The van der Waals surface area contributed by atoms with E-state index in [1.165, 1.54) is 38.8 Å². The van der Waals surface area contributed by atoms with E-state index in [1.807, 2.05) is 18.2 Å². The van der Waals surface area contributed by atoms with Gasteiger partial charge in [-0.15, -0.1) is 0 Å². The second-order valence-corrected chi connectivity index (χ2v) is 6.82. The van der Waals surface area contributed by atoms with Crippen LogP contribution in [0.1, 0.15) is 51.5 Å². The maximum absolute atomic E-state index is 10.8. The predicted molar refractivity (Wildman–Crippen MR) is 110 cm³/mol. The van der Waals surface area contributed by atoms with Crippen LogP contribution in [-0.4, -0.2) is 50.7 Å². The van der Waals surface area contributed by atoms with Crippen LogP contribution in [0.5, 0.6) is 11.5 Å². The van der Waals surface area contributed by atoms with Crippen molar-refractivity contribution in [3.05, 3.63) is 23.8 Å². The van der Waals surface area contributed by atoms with E-state index >= 15 is 0 Å². The number of hydrogen-bond donors (Lipinski definition) is 2. The van der Waals surface area contributed by atoms with E-state index in [-0.39, 0.29) is 6.61 Å². The minimum Gasteiger partial charge on any atom is -0.493 e. The molecule has 6 heteroatoms. The molecule has 27 heavy (non-hydrogen) atoms. The highest BCUT2D eigenvalue weighted by Crippen LogP contribution is 2.27. The van der Waals surface area contributed by atoms with E-state index in [0.717, 1.165) is 31.6 Å². The lowest BCUT2D eigenvalue weighted by Crippen LogP contribution is -2.29. The lowest BCUT2D eigenvalue weighted by molar-refractivity contribution is -0.119. The third-order valence-corrected chi connectivity index (χ3v) is 4.41. The van der Waals surface area contributed by atoms with Crippen molar-refractivity contribution < 1.29 is 14.3 Å². The number of amides is 1. The standard InChI is InChI=1S/C21H37N3O3/c1-4-6-12-24(13-7-5-2)14-8-11-23-16-18-9-10-19(20(15-18)26-3)27-17-21(22)25/h9-10,15,23H,4-8,11-14,16-17H2,1-3H3,(H2,22,25). The number of nitrogens with two attached hydrogens (primary N) is 1. The number of carbonyl (C=O) groups is 1. The Kier molecular flexibility index (Phi) is 12.3. The summed E-state index contributed by atoms with van der Waals surface area (Å²) in [6.07, 6.45) is 6.20. The Morgan fingerprint density at radius 1 is 1.07 bits per heavy atom. The van der Waals surface area contributed by atoms with E-state index < -0.39 is 5.91 Å². The highest BCUT2D eigenvalue weighted by molar-refractivity contribution is 5.75. The van der Waals surface area contributed by atoms with Gasteiger partial charge in [0.1, 0.15) is 0 Å². The van der Waals surface area contributed by atoms with Gasteiger partial charge in [0.05, 0.1) is 7.11 Å². The fourth-order valence-electron chi connectivity index (χ4n) is 2.85. The van der Waals surface area contributed by atoms with Gasteiger partial charge in [0.2, 0.25) is 0 Å². The molecule has 1 aromatic carbocycles. The predicted octanol–water partition coefficient (Wildman–Crippen LogP) is 2.94. The maximum atomic E-state index is 10.8. The zero-order valence-corrected chi connectivity index (χ0v) is 17.3. The number of ether oxygens (including phenoxy) is 2. The maximum Gasteiger partial charge on any atom is 0.255 e. The Balaban J connectivity index is 2.36. The van der Waals surface area contributed by atoms with Gasteiger partial charge in [0.15, 0.2) is 18.1 Å². The Labute approximate surface area is 164 Å². The molecule has 0 aliphatic carbocycles. The molecule has 0 aromatic heterocycles. The highest BCUT2D eigenvalue weighted by Gasteiger charge is 2.07. The number of benzene rings is 1. The lowest BCUT2D eigenvalue weighted by Gasteiger charge is -2.22. The normalized spacial score (nSPS) is 11.0. The molecular formula is C21H37N3O3. The molecule has 0 unspecified atom stereocenters. The van der Waals surface area contributed by atoms with Crippen LogP contribution in [0.2, 0.25) is 0 Å². The lowest BCUT2D eigenvalue weighted by atomic mass is 10.2. The number of carbonyl (C=O) groups excluding carboxylic acids is 1. The fourth-order valence-corrected chi connectivity index (χ4v) is 2.85. The van der Waals surface area contributed by atoms with Crippen LogP contribution < -0.4 is 20.5 Å². The summed E-state index contributed by atoms with van der Waals surface area (Å²) in [5.41, 5.74) is 6.23. The average Bonchev–Trinajstić information content (AvgIpc) is 2.67. The minimum absolute atomic E-state index is 0.152. The number of nitrogens with one attached hydrogen (secondary N) is 1. The van der Waals surface area contributed by atoms with Gasteiger partial charge in [0, 0.05) is 6.54 Å². The molecule has 0 spiro atoms. The summed E-state index contributed by atoms with van der Waals surface area (Å²) in [6, 6.07) is 5.72. The smallest absolute Gasteiger partial charge is 0.255 e. The Morgan fingerprint density at radius 2 is 1.74 bits per heavy atom. The summed E-state index contributed by atoms with van der Waals surface area (Å²) < 4.78 is 10.7. The van der Waals surface area contributed by atoms with Gasteiger partial charge in [0.25, 0.3) is 5.91 Å². The zero-order chi connectivity index (χ0) is 19.9. The molecule has 0 aliphatic heterocycles. The van der Waals surface area contributed by atoms with Crippen molar-refractivity contribution >= 4 is 5.91 Å². The van der Waals surface area contributed by atoms with E-state index in [9.17, 15) is 4.79 Å². The van der Waals surface area contributed by atoms with Crippen molar-refractivity contribution in [3.63, 3.8) is 0 Å². The molecule has 1 amide bonds. The molecular weight excluding hydrogens is 342 g/mol. The summed E-state index contributed by atoms with van der Waals surface area (Å²) in [5.74, 6) is 0.637. The number of hydrogen-bond acceptors (Lipinski definition) is 5. The summed E-state index contributed by atoms with van der Waals surface area (Å²) in [6.45, 7) is 9.67. The summed E-state index contributed by atoms with van der Waals surface area (Å²) in [7, 11) is 1.59. The molecule has 0 aliphatic rings. The first-order chi connectivity index (χ1) is 13.1. The number of nitrogens with zero attached hydrogens (tertiary/aromatic N) is 1. The number of methoxy groups -OCH3 is 1. The second-order valence-electron chi connectivity index (χ2n) is 6.82. The van der Waals surface area contributed by atoms with Crippen molar-refractivity contribution in [2.75, 3.05) is 39.9 Å². The van der Waals surface area contributed by atoms with Crippen LogP contribution in [0.4, 0.5) is 0 Å². The summed E-state index contributed by atoms with van der Waals surface area (Å²) in [4.78, 5) is 13.4. The third kappa shape index (κ3) is 10.2. The molecule has 0 saturated heterocycles. The minimum atomic E-state index is -0.505. The second kappa shape index (κ2) is 14.3. The molecule has 0 fully saturated rings. The van der Waals surface area contributed by atoms with Gasteiger partial charge in [-0.25, -0.2) is 0 Å². The molecule has 1 aromatic rings. The molecule has 3 N–H and O–H groups in total. The Morgan fingerprint density at radius 3 is 2.33 bits per heavy atom. The van der Waals surface area contributed by atoms with Crippen LogP contribution in [0, 0.1) is 0 Å². The SMILES string of the molecule is CCCCN(CCCC)CCCNCc1ccc(OCC(N)=O)c(OC)c1. The van der Waals surface area contributed by atoms with Crippen LogP contribution in [0.15, 0.2) is 18.2 Å². The quantitative estimate of drug-likeness (QED) is 0.432. The molecule has 0 saturated carbocycles. The summed E-state index contributed by atoms with van der Waals surface area (Å²) in [5, 5.41) is 3.49. The van der Waals surface area contributed by atoms with Gasteiger partial charge < -0.3 is 25.4 Å². The average molecular weight is 380 g/mol. The van der Waals surface area contributed by atoms with Gasteiger partial charge >= 0.3 is 0 Å². The Bertz CT molecular complexity index is 529. The van der Waals surface area contributed by atoms with Crippen LogP contribution in [0.3, 0.4) is 0 Å². The first-order valence-electron chi connectivity index (χ1n) is 10.1. The third-order valence-electron chi connectivity index (χ3n) is 4.41. The summed E-state index contributed by atoms with van der Waals surface area (Å²) >= 11 is 0. The van der Waals surface area contributed by atoms with E-state index in [0.29, 0.717) is 11.5 Å². The van der Waals surface area contributed by atoms with Gasteiger partial charge in [-0.1, -0.05) is 32.8 Å². The van der Waals surface area contributed by atoms with Crippen LogP contribution in [-0.2, 0) is 11.3 Å². The Hall–Kier alpha value is -1.79. The van der Waals surface area contributed by atoms with E-state index in [1.54, 1.807) is 7.11 Å². The van der Waals surface area contributed by atoms with Crippen LogP contribution in [0.25, 0.3) is 0 Å². The van der Waals surface area contributed by atoms with Gasteiger partial charge in [-0.05, 0) is 63.1 Å². The molecule has 0 heterocycles. The van der Waals surface area contributed by atoms with Crippen molar-refractivity contribution in [2.24, 2.45) is 5.73 Å². The van der Waals surface area contributed by atoms with Gasteiger partial charge in [-0.2, -0.15) is 0 Å². The van der Waals surface area contributed by atoms with Crippen molar-refractivity contribution in [3.8, 4) is 11.5 Å². The first kappa shape index (κ1) is 23.2. The first-order valence-corrected chi connectivity index (χ1v) is 10.1. The number of unbranched alkanes of at least 4 members (excludes halogenated alkanes) is 2. The van der Waals surface area contributed by atoms with Crippen LogP contribution >= 0.6 is 0 Å². The monoisotopic (exact) mass is 379 g/mol. The molecule has 0 radical (unpaired) electrons. The van der Waals surface area contributed by atoms with Gasteiger partial charge in [-0.3, -0.25) is 4.79 Å². The molecule has 1 rings (SSSR count). The molecule has 0 atom stereocenters. The molecule has 154 valence electrons. The topological polar surface area (TPSA) is 76.8 Å². The highest BCUT2D eigenvalue weighted by atomic mass is 16.5. The van der Waals surface area contributed by atoms with Crippen molar-refractivity contribution in [1.82, 2.24) is 10.2 Å².